The molecule has 0 amide bonds. The van der Waals surface area contributed by atoms with Gasteiger partial charge in [0.1, 0.15) is 5.82 Å². The van der Waals surface area contributed by atoms with Gasteiger partial charge < -0.3 is 15.0 Å². The normalized spacial score (nSPS) is 17.8. The maximum Gasteiger partial charge on any atom is 0.180 e. The van der Waals surface area contributed by atoms with E-state index in [4.69, 9.17) is 5.73 Å². The van der Waals surface area contributed by atoms with Gasteiger partial charge in [-0.25, -0.2) is 9.97 Å². The molecule has 1 aliphatic rings. The van der Waals surface area contributed by atoms with Crippen molar-refractivity contribution in [2.75, 3.05) is 23.7 Å². The van der Waals surface area contributed by atoms with E-state index in [1.54, 1.807) is 12.4 Å². The van der Waals surface area contributed by atoms with E-state index in [0.29, 0.717) is 5.82 Å². The fourth-order valence-corrected chi connectivity index (χ4v) is 2.37. The summed E-state index contributed by atoms with van der Waals surface area (Å²) in [4.78, 5) is 11.1. The largest absolute Gasteiger partial charge is 0.382 e. The molecule has 17 heavy (non-hydrogen) atoms. The fourth-order valence-electron chi connectivity index (χ4n) is 2.37. The summed E-state index contributed by atoms with van der Waals surface area (Å²) in [5.74, 6) is 2.27. The number of piperidine rings is 1. The van der Waals surface area contributed by atoms with Crippen LogP contribution in [0.4, 0.5) is 11.6 Å². The van der Waals surface area contributed by atoms with Gasteiger partial charge in [0.25, 0.3) is 0 Å². The molecule has 2 aromatic heterocycles. The first-order chi connectivity index (χ1) is 8.24. The van der Waals surface area contributed by atoms with Crippen LogP contribution in [-0.2, 0) is 0 Å². The van der Waals surface area contributed by atoms with Crippen molar-refractivity contribution in [3.8, 4) is 0 Å². The van der Waals surface area contributed by atoms with Gasteiger partial charge in [0.05, 0.1) is 6.20 Å². The Kier molecular flexibility index (Phi) is 2.39. The summed E-state index contributed by atoms with van der Waals surface area (Å²) in [6, 6.07) is 0. The second kappa shape index (κ2) is 3.91. The summed E-state index contributed by atoms with van der Waals surface area (Å²) < 4.78 is 1.94. The van der Waals surface area contributed by atoms with E-state index in [0.717, 1.165) is 30.5 Å². The van der Waals surface area contributed by atoms with Crippen molar-refractivity contribution in [2.24, 2.45) is 5.92 Å². The first-order valence-corrected chi connectivity index (χ1v) is 6.08. The third-order valence-electron chi connectivity index (χ3n) is 3.46. The third kappa shape index (κ3) is 1.81. The number of anilines is 2. The van der Waals surface area contributed by atoms with E-state index >= 15 is 0 Å². The quantitative estimate of drug-likeness (QED) is 0.809. The lowest BCUT2D eigenvalue weighted by atomic mass is 9.99. The zero-order chi connectivity index (χ0) is 11.8. The average Bonchev–Trinajstić information content (AvgIpc) is 2.77. The predicted molar refractivity (Wildman–Crippen MR) is 68.0 cm³/mol. The summed E-state index contributed by atoms with van der Waals surface area (Å²) in [7, 11) is 0. The van der Waals surface area contributed by atoms with Crippen LogP contribution >= 0.6 is 0 Å². The Balaban J connectivity index is 2.01. The summed E-state index contributed by atoms with van der Waals surface area (Å²) in [5.41, 5.74) is 6.73. The van der Waals surface area contributed by atoms with Crippen LogP contribution in [0.25, 0.3) is 5.65 Å². The summed E-state index contributed by atoms with van der Waals surface area (Å²) in [6.07, 6.45) is 7.92. The molecule has 0 aliphatic carbocycles. The van der Waals surface area contributed by atoms with Gasteiger partial charge in [0.2, 0.25) is 0 Å². The lowest BCUT2D eigenvalue weighted by molar-refractivity contribution is 0.437. The Bertz CT molecular complexity index is 525. The monoisotopic (exact) mass is 231 g/mol. The highest BCUT2D eigenvalue weighted by Crippen LogP contribution is 2.25. The molecule has 0 spiro atoms. The van der Waals surface area contributed by atoms with Crippen LogP contribution in [0.3, 0.4) is 0 Å². The number of imidazole rings is 1. The Hall–Kier alpha value is -1.78. The smallest absolute Gasteiger partial charge is 0.180 e. The van der Waals surface area contributed by atoms with Crippen LogP contribution < -0.4 is 10.6 Å². The summed E-state index contributed by atoms with van der Waals surface area (Å²) >= 11 is 0. The Morgan fingerprint density at radius 2 is 2.12 bits per heavy atom. The van der Waals surface area contributed by atoms with Gasteiger partial charge in [0.15, 0.2) is 11.5 Å². The topological polar surface area (TPSA) is 59.5 Å². The molecule has 0 unspecified atom stereocenters. The van der Waals surface area contributed by atoms with Gasteiger partial charge in [-0.15, -0.1) is 0 Å². The van der Waals surface area contributed by atoms with E-state index < -0.39 is 0 Å². The van der Waals surface area contributed by atoms with Crippen LogP contribution in [0.15, 0.2) is 18.6 Å². The summed E-state index contributed by atoms with van der Waals surface area (Å²) in [5, 5.41) is 0. The second-order valence-corrected chi connectivity index (χ2v) is 4.82. The molecule has 3 heterocycles. The predicted octanol–water partition coefficient (Wildman–Crippen LogP) is 1.55. The molecule has 0 aromatic carbocycles. The summed E-state index contributed by atoms with van der Waals surface area (Å²) in [6.45, 7) is 4.38. The molecule has 1 saturated heterocycles. The molecule has 0 saturated carbocycles. The minimum atomic E-state index is 0.545. The van der Waals surface area contributed by atoms with Crippen LogP contribution in [0, 0.1) is 5.92 Å². The number of aromatic nitrogens is 3. The second-order valence-electron chi connectivity index (χ2n) is 4.82. The first-order valence-electron chi connectivity index (χ1n) is 6.08. The average molecular weight is 231 g/mol. The lowest BCUT2D eigenvalue weighted by Gasteiger charge is -2.31. The van der Waals surface area contributed by atoms with Crippen molar-refractivity contribution < 1.29 is 0 Å². The van der Waals surface area contributed by atoms with Crippen LogP contribution in [0.2, 0.25) is 0 Å². The van der Waals surface area contributed by atoms with E-state index in [2.05, 4.69) is 21.8 Å². The number of fused-ring (bicyclic) bond motifs is 1. The molecule has 0 bridgehead atoms. The zero-order valence-electron chi connectivity index (χ0n) is 10.0. The lowest BCUT2D eigenvalue weighted by Crippen LogP contribution is -2.34. The van der Waals surface area contributed by atoms with E-state index in [1.807, 2.05) is 10.6 Å². The van der Waals surface area contributed by atoms with Crippen molar-refractivity contribution in [3.63, 3.8) is 0 Å². The van der Waals surface area contributed by atoms with Crippen LogP contribution in [0.5, 0.6) is 0 Å². The van der Waals surface area contributed by atoms with Crippen molar-refractivity contribution in [1.82, 2.24) is 14.4 Å². The zero-order valence-corrected chi connectivity index (χ0v) is 10.0. The van der Waals surface area contributed by atoms with Crippen molar-refractivity contribution >= 4 is 17.3 Å². The van der Waals surface area contributed by atoms with Gasteiger partial charge >= 0.3 is 0 Å². The molecule has 1 fully saturated rings. The molecule has 3 rings (SSSR count). The molecular weight excluding hydrogens is 214 g/mol. The van der Waals surface area contributed by atoms with E-state index in [9.17, 15) is 0 Å². The molecular formula is C12H17N5. The van der Waals surface area contributed by atoms with Crippen molar-refractivity contribution in [1.29, 1.82) is 0 Å². The standard InChI is InChI=1S/C12H17N5/c1-9-2-5-16(6-3-9)12-11-14-4-7-17(11)8-10(13)15-12/h4,7-9H,2-3,5-6,13H2,1H3. The van der Waals surface area contributed by atoms with Gasteiger partial charge in [-0.1, -0.05) is 6.92 Å². The highest BCUT2D eigenvalue weighted by molar-refractivity contribution is 5.66. The van der Waals surface area contributed by atoms with Gasteiger partial charge in [-0.2, -0.15) is 0 Å². The minimum Gasteiger partial charge on any atom is -0.382 e. The molecule has 2 N–H and O–H groups in total. The molecule has 5 heteroatoms. The van der Waals surface area contributed by atoms with Crippen molar-refractivity contribution in [3.05, 3.63) is 18.6 Å². The molecule has 0 atom stereocenters. The number of nitrogens with two attached hydrogens (primary N) is 1. The minimum absolute atomic E-state index is 0.545. The highest BCUT2D eigenvalue weighted by atomic mass is 15.2. The Morgan fingerprint density at radius 3 is 2.88 bits per heavy atom. The molecule has 1 aliphatic heterocycles. The Morgan fingerprint density at radius 1 is 1.35 bits per heavy atom. The van der Waals surface area contributed by atoms with Gasteiger partial charge in [0, 0.05) is 25.5 Å². The number of nitrogen functional groups attached to an aromatic ring is 1. The first kappa shape index (κ1) is 10.4. The maximum atomic E-state index is 5.83. The van der Waals surface area contributed by atoms with Gasteiger partial charge in [-0.3, -0.25) is 0 Å². The highest BCUT2D eigenvalue weighted by Gasteiger charge is 2.20. The van der Waals surface area contributed by atoms with Crippen molar-refractivity contribution in [2.45, 2.75) is 19.8 Å². The van der Waals surface area contributed by atoms with E-state index in [-0.39, 0.29) is 0 Å². The van der Waals surface area contributed by atoms with Gasteiger partial charge in [-0.05, 0) is 18.8 Å². The van der Waals surface area contributed by atoms with Crippen LogP contribution in [0.1, 0.15) is 19.8 Å². The number of hydrogen-bond acceptors (Lipinski definition) is 4. The Labute approximate surface area is 100 Å². The molecule has 2 aromatic rings. The molecule has 0 radical (unpaired) electrons. The number of rotatable bonds is 1. The fraction of sp³-hybridized carbons (Fsp3) is 0.500. The third-order valence-corrected chi connectivity index (χ3v) is 3.46. The van der Waals surface area contributed by atoms with Crippen LogP contribution in [-0.4, -0.2) is 27.5 Å². The SMILES string of the molecule is CC1CCN(c2nc(N)cn3ccnc23)CC1. The molecule has 5 nitrogen and oxygen atoms in total. The number of nitrogens with zero attached hydrogens (tertiary/aromatic N) is 4. The molecule has 90 valence electrons. The number of hydrogen-bond donors (Lipinski definition) is 1. The van der Waals surface area contributed by atoms with E-state index in [1.165, 1.54) is 12.8 Å². The maximum absolute atomic E-state index is 5.83.